The van der Waals surface area contributed by atoms with Gasteiger partial charge in [-0.05, 0) is 18.2 Å². The van der Waals surface area contributed by atoms with Crippen molar-refractivity contribution in [3.8, 4) is 11.5 Å². The van der Waals surface area contributed by atoms with Crippen molar-refractivity contribution in [1.29, 1.82) is 0 Å². The number of nitrogens with two attached hydrogens (primary N) is 1. The topological polar surface area (TPSA) is 138 Å². The minimum absolute atomic E-state index is 0.0449. The normalized spacial score (nSPS) is 10.6. The largest absolute Gasteiger partial charge is 0.492 e. The highest BCUT2D eigenvalue weighted by Gasteiger charge is 2.17. The van der Waals surface area contributed by atoms with E-state index in [4.69, 9.17) is 15.2 Å². The first-order chi connectivity index (χ1) is 14.3. The molecular weight excluding hydrogens is 390 g/mol. The van der Waals surface area contributed by atoms with Crippen LogP contribution < -0.4 is 26.1 Å². The molecule has 3 N–H and O–H groups in total. The Morgan fingerprint density at radius 2 is 1.90 bits per heavy atom. The number of pyridine rings is 1. The molecular formula is C20H21N5O5. The summed E-state index contributed by atoms with van der Waals surface area (Å²) in [5.41, 5.74) is 5.28. The number of hydrogen-bond donors (Lipinski definition) is 2. The number of fused-ring (bicyclic) bond motifs is 1. The number of hydrogen-bond acceptors (Lipinski definition) is 8. The molecule has 0 aliphatic heterocycles. The van der Waals surface area contributed by atoms with Gasteiger partial charge < -0.3 is 20.5 Å². The lowest BCUT2D eigenvalue weighted by molar-refractivity contribution is -0.120. The highest BCUT2D eigenvalue weighted by Crippen LogP contribution is 2.35. The van der Waals surface area contributed by atoms with Crippen molar-refractivity contribution < 1.29 is 19.1 Å². The van der Waals surface area contributed by atoms with Crippen LogP contribution in [0.5, 0.6) is 11.5 Å². The van der Waals surface area contributed by atoms with Crippen LogP contribution >= 0.6 is 0 Å². The highest BCUT2D eigenvalue weighted by molar-refractivity contribution is 6.04. The number of rotatable bonds is 7. The molecule has 0 unspecified atom stereocenters. The Balaban J connectivity index is 2.03. The van der Waals surface area contributed by atoms with Crippen LogP contribution in [0.25, 0.3) is 10.8 Å². The summed E-state index contributed by atoms with van der Waals surface area (Å²) in [6.45, 7) is 1.64. The van der Waals surface area contributed by atoms with Gasteiger partial charge in [-0.3, -0.25) is 19.0 Å². The predicted molar refractivity (Wildman–Crippen MR) is 111 cm³/mol. The smallest absolute Gasteiger partial charge is 0.259 e. The lowest BCUT2D eigenvalue weighted by Gasteiger charge is -2.16. The monoisotopic (exact) mass is 411 g/mol. The molecule has 10 heteroatoms. The van der Waals surface area contributed by atoms with E-state index in [1.54, 1.807) is 25.1 Å². The lowest BCUT2D eigenvalue weighted by Crippen LogP contribution is -2.24. The first-order valence-electron chi connectivity index (χ1n) is 9.09. The summed E-state index contributed by atoms with van der Waals surface area (Å²) in [7, 11) is 2.97. The summed E-state index contributed by atoms with van der Waals surface area (Å²) in [5, 5.41) is 3.47. The van der Waals surface area contributed by atoms with E-state index in [0.717, 1.165) is 0 Å². The van der Waals surface area contributed by atoms with E-state index in [9.17, 15) is 14.4 Å². The van der Waals surface area contributed by atoms with Crippen LogP contribution in [0, 0.1) is 0 Å². The van der Waals surface area contributed by atoms with Gasteiger partial charge in [0.25, 0.3) is 11.5 Å². The van der Waals surface area contributed by atoms with Crippen LogP contribution in [0.4, 0.5) is 11.8 Å². The molecule has 0 atom stereocenters. The van der Waals surface area contributed by atoms with E-state index in [1.807, 2.05) is 0 Å². The number of nitrogen functional groups attached to an aromatic ring is 1. The van der Waals surface area contributed by atoms with E-state index in [0.29, 0.717) is 28.7 Å². The molecule has 0 radical (unpaired) electrons. The van der Waals surface area contributed by atoms with Gasteiger partial charge in [-0.15, -0.1) is 0 Å². The van der Waals surface area contributed by atoms with Gasteiger partial charge in [-0.25, -0.2) is 9.97 Å². The number of aromatic nitrogens is 3. The number of Topliss-reactive ketones (excluding diaryl/α,β-unsaturated/α-hetero) is 1. The number of carbonyl (C=O) groups is 2. The van der Waals surface area contributed by atoms with Gasteiger partial charge >= 0.3 is 0 Å². The Bertz CT molecular complexity index is 1170. The zero-order valence-electron chi connectivity index (χ0n) is 16.8. The number of nitrogens with one attached hydrogen (secondary N) is 1. The third-order valence-electron chi connectivity index (χ3n) is 4.50. The molecule has 0 saturated heterocycles. The van der Waals surface area contributed by atoms with Crippen molar-refractivity contribution in [3.05, 3.63) is 46.5 Å². The Morgan fingerprint density at radius 1 is 1.20 bits per heavy atom. The van der Waals surface area contributed by atoms with Crippen LogP contribution in [-0.4, -0.2) is 39.9 Å². The standard InChI is InChI=1S/C20H21N5O5/c1-4-12(26)10-30-15-6-5-13-14(17(15)29-3)7-16(25(2)19(13)28)24-18(27)11-8-22-20(21)23-9-11/h5-9H,4,10H2,1-3H3,(H,24,27)(H2,21,22,23). The summed E-state index contributed by atoms with van der Waals surface area (Å²) in [4.78, 5) is 44.5. The van der Waals surface area contributed by atoms with Gasteiger partial charge in [0, 0.05) is 31.2 Å². The van der Waals surface area contributed by atoms with Crippen LogP contribution in [0.15, 0.2) is 35.4 Å². The summed E-state index contributed by atoms with van der Waals surface area (Å²) >= 11 is 0. The minimum atomic E-state index is -0.510. The maximum absolute atomic E-state index is 12.8. The van der Waals surface area contributed by atoms with Gasteiger partial charge in [0.05, 0.1) is 18.1 Å². The Hall–Kier alpha value is -3.95. The average Bonchev–Trinajstić information content (AvgIpc) is 2.75. The maximum atomic E-state index is 12.8. The molecule has 0 saturated carbocycles. The van der Waals surface area contributed by atoms with Crippen LogP contribution in [0.3, 0.4) is 0 Å². The first kappa shape index (κ1) is 20.8. The molecule has 0 aliphatic rings. The molecule has 2 heterocycles. The maximum Gasteiger partial charge on any atom is 0.259 e. The fourth-order valence-corrected chi connectivity index (χ4v) is 2.78. The van der Waals surface area contributed by atoms with E-state index < -0.39 is 5.91 Å². The second-order valence-corrected chi connectivity index (χ2v) is 6.42. The van der Waals surface area contributed by atoms with Crippen molar-refractivity contribution in [3.63, 3.8) is 0 Å². The number of nitrogens with zero attached hydrogens (tertiary/aromatic N) is 3. The van der Waals surface area contributed by atoms with Crippen LogP contribution in [0.2, 0.25) is 0 Å². The predicted octanol–water partition coefficient (Wildman–Crippen LogP) is 1.53. The fraction of sp³-hybridized carbons (Fsp3) is 0.250. The number of ether oxygens (including phenoxy) is 2. The van der Waals surface area contributed by atoms with E-state index in [1.165, 1.54) is 31.1 Å². The zero-order valence-corrected chi connectivity index (χ0v) is 16.8. The molecule has 0 aliphatic carbocycles. The van der Waals surface area contributed by atoms with Gasteiger partial charge in [-0.1, -0.05) is 6.92 Å². The molecule has 0 fully saturated rings. The van der Waals surface area contributed by atoms with Crippen molar-refractivity contribution >= 4 is 34.2 Å². The molecule has 0 bridgehead atoms. The van der Waals surface area contributed by atoms with E-state index in [-0.39, 0.29) is 35.3 Å². The van der Waals surface area contributed by atoms with Gasteiger partial charge in [-0.2, -0.15) is 0 Å². The van der Waals surface area contributed by atoms with E-state index >= 15 is 0 Å². The highest BCUT2D eigenvalue weighted by atomic mass is 16.5. The van der Waals surface area contributed by atoms with Crippen molar-refractivity contribution in [2.24, 2.45) is 7.05 Å². The Morgan fingerprint density at radius 3 is 2.53 bits per heavy atom. The van der Waals surface area contributed by atoms with Gasteiger partial charge in [0.15, 0.2) is 17.3 Å². The molecule has 3 aromatic rings. The molecule has 0 spiro atoms. The number of benzene rings is 1. The molecule has 1 amide bonds. The first-order valence-corrected chi connectivity index (χ1v) is 9.09. The molecule has 3 rings (SSSR count). The average molecular weight is 411 g/mol. The third kappa shape index (κ3) is 4.07. The van der Waals surface area contributed by atoms with Gasteiger partial charge in [0.2, 0.25) is 5.95 Å². The number of anilines is 2. The number of carbonyl (C=O) groups excluding carboxylic acids is 2. The second-order valence-electron chi connectivity index (χ2n) is 6.42. The third-order valence-corrected chi connectivity index (χ3v) is 4.50. The SMILES string of the molecule is CCC(=O)COc1ccc2c(=O)n(C)c(NC(=O)c3cnc(N)nc3)cc2c1OC. The van der Waals surface area contributed by atoms with Crippen LogP contribution in [-0.2, 0) is 11.8 Å². The van der Waals surface area contributed by atoms with Crippen LogP contribution in [0.1, 0.15) is 23.7 Å². The second kappa shape index (κ2) is 8.60. The molecule has 30 heavy (non-hydrogen) atoms. The summed E-state index contributed by atoms with van der Waals surface area (Å²) in [6.07, 6.45) is 2.92. The minimum Gasteiger partial charge on any atom is -0.492 e. The zero-order chi connectivity index (χ0) is 21.8. The number of amides is 1. The lowest BCUT2D eigenvalue weighted by atomic mass is 10.1. The summed E-state index contributed by atoms with van der Waals surface area (Å²) in [6, 6.07) is 4.76. The number of methoxy groups -OCH3 is 1. The van der Waals surface area contributed by atoms with E-state index in [2.05, 4.69) is 15.3 Å². The number of ketones is 1. The van der Waals surface area contributed by atoms with Gasteiger partial charge in [0.1, 0.15) is 12.4 Å². The van der Waals surface area contributed by atoms with Crippen molar-refractivity contribution in [1.82, 2.24) is 14.5 Å². The molecule has 1 aromatic carbocycles. The Kier molecular flexibility index (Phi) is 5.95. The quantitative estimate of drug-likeness (QED) is 0.597. The van der Waals surface area contributed by atoms with Crippen molar-refractivity contribution in [2.75, 3.05) is 24.8 Å². The summed E-state index contributed by atoms with van der Waals surface area (Å²) < 4.78 is 12.3. The summed E-state index contributed by atoms with van der Waals surface area (Å²) in [5.74, 6) is 0.312. The molecule has 10 nitrogen and oxygen atoms in total. The Labute approximate surface area is 171 Å². The molecule has 2 aromatic heterocycles. The van der Waals surface area contributed by atoms with Crippen molar-refractivity contribution in [2.45, 2.75) is 13.3 Å². The fourth-order valence-electron chi connectivity index (χ4n) is 2.78. The molecule has 156 valence electrons.